The molecule has 0 aromatic carbocycles. The number of rotatable bonds is 3. The Bertz CT molecular complexity index is 608. The zero-order chi connectivity index (χ0) is 14.9. The van der Waals surface area contributed by atoms with Crippen LogP contribution in [0.25, 0.3) is 11.5 Å². The first-order valence-corrected chi connectivity index (χ1v) is 7.05. The van der Waals surface area contributed by atoms with Gasteiger partial charge in [-0.1, -0.05) is 19.0 Å². The zero-order valence-electron chi connectivity index (χ0n) is 12.5. The molecule has 0 radical (unpaired) electrons. The van der Waals surface area contributed by atoms with Gasteiger partial charge >= 0.3 is 0 Å². The molecular weight excluding hydrogens is 270 g/mol. The topological polar surface area (TPSA) is 86.0 Å². The van der Waals surface area contributed by atoms with Crippen molar-refractivity contribution in [3.63, 3.8) is 0 Å². The van der Waals surface area contributed by atoms with Gasteiger partial charge in [0.15, 0.2) is 0 Å². The molecule has 0 spiro atoms. The van der Waals surface area contributed by atoms with E-state index in [1.165, 1.54) is 0 Å². The molecule has 7 nitrogen and oxygen atoms in total. The van der Waals surface area contributed by atoms with Crippen LogP contribution in [0.3, 0.4) is 0 Å². The van der Waals surface area contributed by atoms with Crippen molar-refractivity contribution in [2.24, 2.45) is 5.41 Å². The second-order valence-electron chi connectivity index (χ2n) is 5.90. The maximum atomic E-state index is 5.43. The number of hydrogen-bond acceptors (Lipinski definition) is 7. The molecule has 1 aliphatic rings. The fourth-order valence-corrected chi connectivity index (χ4v) is 2.64. The second-order valence-corrected chi connectivity index (χ2v) is 5.90. The lowest BCUT2D eigenvalue weighted by molar-refractivity contribution is 0.146. The Balaban J connectivity index is 1.85. The van der Waals surface area contributed by atoms with E-state index in [4.69, 9.17) is 9.26 Å². The summed E-state index contributed by atoms with van der Waals surface area (Å²) in [5.41, 5.74) is 0.660. The van der Waals surface area contributed by atoms with E-state index in [0.717, 1.165) is 19.4 Å². The fraction of sp³-hybridized carbons (Fsp3) is 0.571. The van der Waals surface area contributed by atoms with Crippen LogP contribution >= 0.6 is 0 Å². The van der Waals surface area contributed by atoms with Crippen LogP contribution < -0.4 is 10.1 Å². The number of ether oxygens (including phenoxy) is 1. The minimum atomic E-state index is 0.0682. The van der Waals surface area contributed by atoms with E-state index in [-0.39, 0.29) is 11.5 Å². The lowest BCUT2D eigenvalue weighted by Crippen LogP contribution is -2.39. The smallest absolute Gasteiger partial charge is 0.244 e. The molecule has 1 fully saturated rings. The molecule has 3 rings (SSSR count). The first-order valence-electron chi connectivity index (χ1n) is 7.05. The van der Waals surface area contributed by atoms with Crippen molar-refractivity contribution < 1.29 is 9.26 Å². The van der Waals surface area contributed by atoms with Crippen molar-refractivity contribution in [3.05, 3.63) is 18.0 Å². The first kappa shape index (κ1) is 13.9. The van der Waals surface area contributed by atoms with Gasteiger partial charge in [0.2, 0.25) is 17.6 Å². The number of aromatic nitrogens is 4. The van der Waals surface area contributed by atoms with Gasteiger partial charge < -0.3 is 14.6 Å². The largest absolute Gasteiger partial charge is 0.480 e. The molecule has 3 heterocycles. The van der Waals surface area contributed by atoms with Crippen LogP contribution in [0.2, 0.25) is 0 Å². The Morgan fingerprint density at radius 2 is 2.19 bits per heavy atom. The summed E-state index contributed by atoms with van der Waals surface area (Å²) < 4.78 is 10.4. The number of hydrogen-bond donors (Lipinski definition) is 1. The van der Waals surface area contributed by atoms with Crippen LogP contribution in [0.5, 0.6) is 5.88 Å². The Labute approximate surface area is 123 Å². The van der Waals surface area contributed by atoms with E-state index in [2.05, 4.69) is 39.5 Å². The van der Waals surface area contributed by atoms with E-state index in [0.29, 0.717) is 23.3 Å². The molecular formula is C14H19N5O2. The molecule has 0 saturated carbocycles. The molecule has 1 atom stereocenters. The fourth-order valence-electron chi connectivity index (χ4n) is 2.64. The van der Waals surface area contributed by atoms with Gasteiger partial charge in [0.05, 0.1) is 13.2 Å². The minimum Gasteiger partial charge on any atom is -0.480 e. The minimum absolute atomic E-state index is 0.0682. The van der Waals surface area contributed by atoms with Crippen molar-refractivity contribution in [3.8, 4) is 17.4 Å². The lowest BCUT2D eigenvalue weighted by Gasteiger charge is -2.36. The molecule has 0 amide bonds. The molecule has 7 heteroatoms. The monoisotopic (exact) mass is 289 g/mol. The van der Waals surface area contributed by atoms with E-state index in [1.54, 1.807) is 19.2 Å². The van der Waals surface area contributed by atoms with Crippen molar-refractivity contribution in [2.75, 3.05) is 13.7 Å². The Hall–Kier alpha value is -2.02. The second kappa shape index (κ2) is 5.40. The normalized spacial score (nSPS) is 21.2. The number of methoxy groups -OCH3 is 1. The zero-order valence-corrected chi connectivity index (χ0v) is 12.5. The SMILES string of the molecule is COc1ccc(-c2noc(C3NCCCC3(C)C)n2)nn1. The Kier molecular flexibility index (Phi) is 3.59. The van der Waals surface area contributed by atoms with Gasteiger partial charge in [-0.05, 0) is 30.9 Å². The highest BCUT2D eigenvalue weighted by atomic mass is 16.5. The summed E-state index contributed by atoms with van der Waals surface area (Å²) in [4.78, 5) is 4.47. The summed E-state index contributed by atoms with van der Waals surface area (Å²) in [5, 5.41) is 15.4. The highest BCUT2D eigenvalue weighted by Crippen LogP contribution is 2.39. The first-order chi connectivity index (χ1) is 10.1. The third-order valence-corrected chi connectivity index (χ3v) is 3.89. The average molecular weight is 289 g/mol. The summed E-state index contributed by atoms with van der Waals surface area (Å²) in [7, 11) is 1.55. The van der Waals surface area contributed by atoms with Crippen LogP contribution in [0.1, 0.15) is 38.6 Å². The van der Waals surface area contributed by atoms with Crippen LogP contribution in [0.4, 0.5) is 0 Å². The van der Waals surface area contributed by atoms with Crippen LogP contribution in [-0.4, -0.2) is 34.0 Å². The number of piperidine rings is 1. The average Bonchev–Trinajstić information content (AvgIpc) is 2.96. The van der Waals surface area contributed by atoms with Crippen molar-refractivity contribution in [2.45, 2.75) is 32.7 Å². The van der Waals surface area contributed by atoms with Gasteiger partial charge in [-0.25, -0.2) is 0 Å². The molecule has 0 aliphatic carbocycles. The number of nitrogens with zero attached hydrogens (tertiary/aromatic N) is 4. The van der Waals surface area contributed by atoms with Gasteiger partial charge in [-0.2, -0.15) is 4.98 Å². The van der Waals surface area contributed by atoms with Gasteiger partial charge in [0.25, 0.3) is 0 Å². The predicted molar refractivity (Wildman–Crippen MR) is 75.6 cm³/mol. The summed E-state index contributed by atoms with van der Waals surface area (Å²) >= 11 is 0. The van der Waals surface area contributed by atoms with E-state index >= 15 is 0 Å². The molecule has 1 aliphatic heterocycles. The number of nitrogens with one attached hydrogen (secondary N) is 1. The molecule has 0 bridgehead atoms. The van der Waals surface area contributed by atoms with Crippen molar-refractivity contribution >= 4 is 0 Å². The highest BCUT2D eigenvalue weighted by molar-refractivity contribution is 5.47. The lowest BCUT2D eigenvalue weighted by atomic mass is 9.77. The van der Waals surface area contributed by atoms with Crippen molar-refractivity contribution in [1.82, 2.24) is 25.7 Å². The molecule has 1 N–H and O–H groups in total. The molecule has 2 aromatic rings. The summed E-state index contributed by atoms with van der Waals surface area (Å²) in [6, 6.07) is 3.56. The molecule has 2 aromatic heterocycles. The molecule has 112 valence electrons. The van der Waals surface area contributed by atoms with E-state index in [1.807, 2.05) is 0 Å². The molecule has 1 unspecified atom stereocenters. The summed E-state index contributed by atoms with van der Waals surface area (Å²) in [6.45, 7) is 5.38. The van der Waals surface area contributed by atoms with Crippen LogP contribution in [0.15, 0.2) is 16.7 Å². The Morgan fingerprint density at radius 1 is 1.33 bits per heavy atom. The highest BCUT2D eigenvalue weighted by Gasteiger charge is 2.37. The molecule has 21 heavy (non-hydrogen) atoms. The standard InChI is InChI=1S/C14H19N5O2/c1-14(2)7-4-8-15-11(14)13-16-12(19-21-13)9-5-6-10(20-3)18-17-9/h5-6,11,15H,4,7-8H2,1-3H3. The van der Waals surface area contributed by atoms with Gasteiger partial charge in [-0.15, -0.1) is 10.2 Å². The van der Waals surface area contributed by atoms with Gasteiger partial charge in [0.1, 0.15) is 5.69 Å². The van der Waals surface area contributed by atoms with Gasteiger partial charge in [-0.3, -0.25) is 0 Å². The summed E-state index contributed by atoms with van der Waals surface area (Å²) in [6.07, 6.45) is 2.29. The van der Waals surface area contributed by atoms with Crippen molar-refractivity contribution in [1.29, 1.82) is 0 Å². The van der Waals surface area contributed by atoms with E-state index in [9.17, 15) is 0 Å². The maximum absolute atomic E-state index is 5.43. The summed E-state index contributed by atoms with van der Waals surface area (Å²) in [5.74, 6) is 1.51. The van der Waals surface area contributed by atoms with Crippen LogP contribution in [-0.2, 0) is 0 Å². The Morgan fingerprint density at radius 3 is 2.86 bits per heavy atom. The predicted octanol–water partition coefficient (Wildman–Crippen LogP) is 1.99. The third-order valence-electron chi connectivity index (χ3n) is 3.89. The third kappa shape index (κ3) is 2.73. The quantitative estimate of drug-likeness (QED) is 0.924. The van der Waals surface area contributed by atoms with E-state index < -0.39 is 0 Å². The van der Waals surface area contributed by atoms with Crippen LogP contribution in [0, 0.1) is 5.41 Å². The maximum Gasteiger partial charge on any atom is 0.244 e. The van der Waals surface area contributed by atoms with Gasteiger partial charge in [0, 0.05) is 6.07 Å². The molecule has 1 saturated heterocycles.